The van der Waals surface area contributed by atoms with Crippen LogP contribution in [-0.4, -0.2) is 36.9 Å². The molecule has 3 aromatic rings. The number of tetrazole rings is 1. The molecule has 0 aliphatic heterocycles. The molecule has 0 spiro atoms. The number of benzene rings is 1. The third kappa shape index (κ3) is 4.91. The van der Waals surface area contributed by atoms with Crippen molar-refractivity contribution in [2.24, 2.45) is 0 Å². The first-order valence-corrected chi connectivity index (χ1v) is 8.90. The summed E-state index contributed by atoms with van der Waals surface area (Å²) in [6.45, 7) is 0.530. The average molecular weight is 395 g/mol. The van der Waals surface area contributed by atoms with E-state index in [0.29, 0.717) is 16.7 Å². The number of amides is 1. The van der Waals surface area contributed by atoms with Gasteiger partial charge in [-0.1, -0.05) is 65.3 Å². The first-order chi connectivity index (χ1) is 12.1. The van der Waals surface area contributed by atoms with E-state index in [1.165, 1.54) is 24.0 Å². The molecule has 10 heteroatoms. The average Bonchev–Trinajstić information content (AvgIpc) is 3.03. The highest BCUT2D eigenvalue weighted by molar-refractivity contribution is 7.99. The molecule has 0 aliphatic rings. The van der Waals surface area contributed by atoms with Gasteiger partial charge in [0.05, 0.1) is 22.3 Å². The van der Waals surface area contributed by atoms with E-state index in [-0.39, 0.29) is 22.5 Å². The Hall–Kier alpha value is -2.16. The molecule has 0 saturated carbocycles. The van der Waals surface area contributed by atoms with Gasteiger partial charge in [-0.25, -0.2) is 9.67 Å². The zero-order chi connectivity index (χ0) is 17.6. The SMILES string of the molecule is O=C(CSc1nnnn1Cc1ccccc1)Nc1ncc(Cl)cc1Cl. The van der Waals surface area contributed by atoms with Gasteiger partial charge in [0, 0.05) is 6.20 Å². The number of halogens is 2. The normalized spacial score (nSPS) is 10.6. The molecule has 1 amide bonds. The van der Waals surface area contributed by atoms with Gasteiger partial charge in [-0.15, -0.1) is 5.10 Å². The van der Waals surface area contributed by atoms with Crippen LogP contribution in [0.15, 0.2) is 47.8 Å². The zero-order valence-corrected chi connectivity index (χ0v) is 15.1. The van der Waals surface area contributed by atoms with Crippen molar-refractivity contribution in [3.63, 3.8) is 0 Å². The predicted molar refractivity (Wildman–Crippen MR) is 97.0 cm³/mol. The summed E-state index contributed by atoms with van der Waals surface area (Å²) in [5, 5.41) is 15.4. The largest absolute Gasteiger partial charge is 0.309 e. The maximum atomic E-state index is 12.1. The third-order valence-corrected chi connectivity index (χ3v) is 4.52. The Morgan fingerprint density at radius 1 is 1.24 bits per heavy atom. The molecule has 1 aromatic carbocycles. The molecule has 25 heavy (non-hydrogen) atoms. The standard InChI is InChI=1S/C15H12Cl2N6OS/c16-11-6-12(17)14(18-7-11)19-13(24)9-25-15-20-21-22-23(15)8-10-4-2-1-3-5-10/h1-7H,8-9H2,(H,18,19,24). The molecule has 128 valence electrons. The fourth-order valence-corrected chi connectivity index (χ4v) is 3.06. The Bertz CT molecular complexity index is 873. The number of rotatable bonds is 6. The Morgan fingerprint density at radius 2 is 2.04 bits per heavy atom. The number of hydrogen-bond donors (Lipinski definition) is 1. The van der Waals surface area contributed by atoms with Gasteiger partial charge in [0.2, 0.25) is 11.1 Å². The predicted octanol–water partition coefficient (Wildman–Crippen LogP) is 3.15. The van der Waals surface area contributed by atoms with Crippen molar-refractivity contribution in [1.82, 2.24) is 25.2 Å². The summed E-state index contributed by atoms with van der Waals surface area (Å²) in [7, 11) is 0. The van der Waals surface area contributed by atoms with Crippen molar-refractivity contribution < 1.29 is 4.79 Å². The van der Waals surface area contributed by atoms with Crippen LogP contribution in [0.1, 0.15) is 5.56 Å². The lowest BCUT2D eigenvalue weighted by molar-refractivity contribution is -0.113. The number of nitrogens with zero attached hydrogens (tertiary/aromatic N) is 5. The second kappa shape index (κ2) is 8.28. The van der Waals surface area contributed by atoms with Gasteiger partial charge in [0.15, 0.2) is 5.82 Å². The number of anilines is 1. The summed E-state index contributed by atoms with van der Waals surface area (Å²) >= 11 is 13.0. The Labute approximate surface area is 157 Å². The molecule has 1 N–H and O–H groups in total. The minimum absolute atomic E-state index is 0.121. The van der Waals surface area contributed by atoms with E-state index in [1.54, 1.807) is 4.68 Å². The maximum Gasteiger partial charge on any atom is 0.236 e. The minimum atomic E-state index is -0.268. The van der Waals surface area contributed by atoms with E-state index in [0.717, 1.165) is 5.56 Å². The van der Waals surface area contributed by atoms with Gasteiger partial charge in [0.1, 0.15) is 0 Å². The van der Waals surface area contributed by atoms with Crippen LogP contribution < -0.4 is 5.32 Å². The molecule has 0 fully saturated rings. The van der Waals surface area contributed by atoms with Crippen LogP contribution in [0.25, 0.3) is 0 Å². The molecule has 3 rings (SSSR count). The van der Waals surface area contributed by atoms with Gasteiger partial charge in [-0.05, 0) is 22.1 Å². The monoisotopic (exact) mass is 394 g/mol. The van der Waals surface area contributed by atoms with Crippen LogP contribution >= 0.6 is 35.0 Å². The molecule has 0 atom stereocenters. The summed E-state index contributed by atoms with van der Waals surface area (Å²) in [5.74, 6) is 0.118. The lowest BCUT2D eigenvalue weighted by Crippen LogP contribution is -2.16. The fourth-order valence-electron chi connectivity index (χ4n) is 1.96. The summed E-state index contributed by atoms with van der Waals surface area (Å²) in [6.07, 6.45) is 1.41. The molecule has 2 aromatic heterocycles. The first kappa shape index (κ1) is 17.7. The number of nitrogens with one attached hydrogen (secondary N) is 1. The van der Waals surface area contributed by atoms with Crippen LogP contribution in [0.5, 0.6) is 0 Å². The van der Waals surface area contributed by atoms with E-state index in [4.69, 9.17) is 23.2 Å². The van der Waals surface area contributed by atoms with Crippen molar-refractivity contribution in [3.05, 3.63) is 58.2 Å². The molecule has 2 heterocycles. The molecular formula is C15H12Cl2N6OS. The molecule has 0 unspecified atom stereocenters. The van der Waals surface area contributed by atoms with E-state index >= 15 is 0 Å². The molecule has 0 radical (unpaired) electrons. The number of carbonyl (C=O) groups excluding carboxylic acids is 1. The van der Waals surface area contributed by atoms with Gasteiger partial charge < -0.3 is 5.32 Å². The lowest BCUT2D eigenvalue weighted by Gasteiger charge is -2.07. The third-order valence-electron chi connectivity index (χ3n) is 3.07. The molecule has 0 saturated heterocycles. The maximum absolute atomic E-state index is 12.1. The van der Waals surface area contributed by atoms with Crippen molar-refractivity contribution >= 4 is 46.7 Å². The number of hydrogen-bond acceptors (Lipinski definition) is 6. The molecule has 0 aliphatic carbocycles. The van der Waals surface area contributed by atoms with Gasteiger partial charge >= 0.3 is 0 Å². The fraction of sp³-hybridized carbons (Fsp3) is 0.133. The van der Waals surface area contributed by atoms with Crippen molar-refractivity contribution in [2.45, 2.75) is 11.7 Å². The summed E-state index contributed by atoms with van der Waals surface area (Å²) < 4.78 is 1.64. The zero-order valence-electron chi connectivity index (χ0n) is 12.8. The summed E-state index contributed by atoms with van der Waals surface area (Å²) in [4.78, 5) is 16.1. The van der Waals surface area contributed by atoms with Gasteiger partial charge in [-0.2, -0.15) is 0 Å². The lowest BCUT2D eigenvalue weighted by atomic mass is 10.2. The van der Waals surface area contributed by atoms with E-state index in [1.807, 2.05) is 30.3 Å². The van der Waals surface area contributed by atoms with Crippen LogP contribution in [0, 0.1) is 0 Å². The number of pyridine rings is 1. The number of aromatic nitrogens is 5. The second-order valence-corrected chi connectivity index (χ2v) is 6.71. The highest BCUT2D eigenvalue weighted by atomic mass is 35.5. The molecule has 0 bridgehead atoms. The van der Waals surface area contributed by atoms with Crippen molar-refractivity contribution in [1.29, 1.82) is 0 Å². The Kier molecular flexibility index (Phi) is 5.85. The number of thioether (sulfide) groups is 1. The van der Waals surface area contributed by atoms with Crippen LogP contribution in [0.4, 0.5) is 5.82 Å². The second-order valence-electron chi connectivity index (χ2n) is 4.93. The number of carbonyl (C=O) groups is 1. The van der Waals surface area contributed by atoms with Crippen LogP contribution in [0.3, 0.4) is 0 Å². The topological polar surface area (TPSA) is 85.6 Å². The molecule has 7 nitrogen and oxygen atoms in total. The summed E-state index contributed by atoms with van der Waals surface area (Å²) in [5.41, 5.74) is 1.07. The quantitative estimate of drug-likeness (QED) is 0.646. The molecular weight excluding hydrogens is 383 g/mol. The van der Waals surface area contributed by atoms with Crippen molar-refractivity contribution in [2.75, 3.05) is 11.1 Å². The first-order valence-electron chi connectivity index (χ1n) is 7.15. The van der Waals surface area contributed by atoms with Crippen LogP contribution in [0.2, 0.25) is 10.0 Å². The smallest absolute Gasteiger partial charge is 0.236 e. The van der Waals surface area contributed by atoms with E-state index in [9.17, 15) is 4.79 Å². The van der Waals surface area contributed by atoms with E-state index < -0.39 is 0 Å². The van der Waals surface area contributed by atoms with Crippen molar-refractivity contribution in [3.8, 4) is 0 Å². The van der Waals surface area contributed by atoms with Gasteiger partial charge in [0.25, 0.3) is 0 Å². The van der Waals surface area contributed by atoms with E-state index in [2.05, 4.69) is 25.8 Å². The van der Waals surface area contributed by atoms with Crippen LogP contribution in [-0.2, 0) is 11.3 Å². The Morgan fingerprint density at radius 3 is 2.80 bits per heavy atom. The highest BCUT2D eigenvalue weighted by Crippen LogP contribution is 2.23. The highest BCUT2D eigenvalue weighted by Gasteiger charge is 2.12. The minimum Gasteiger partial charge on any atom is -0.309 e. The van der Waals surface area contributed by atoms with Gasteiger partial charge in [-0.3, -0.25) is 4.79 Å². The summed E-state index contributed by atoms with van der Waals surface area (Å²) in [6, 6.07) is 11.3. The Balaban J connectivity index is 1.58.